The maximum atomic E-state index is 11.1. The van der Waals surface area contributed by atoms with E-state index in [0.29, 0.717) is 0 Å². The van der Waals surface area contributed by atoms with Crippen LogP contribution in [-0.4, -0.2) is 42.1 Å². The molecule has 1 aliphatic heterocycles. The Morgan fingerprint density at radius 3 is 2.28 bits per heavy atom. The SMILES string of the molecule is CC(=O)OCC1OC(O)C(C)C(C)C1OC(C)=O. The zero-order valence-corrected chi connectivity index (χ0v) is 11.1. The van der Waals surface area contributed by atoms with E-state index < -0.39 is 30.4 Å². The standard InChI is InChI=1S/C12H20O6/c1-6-7(2)12(15)18-10(5-16-8(3)13)11(6)17-9(4)14/h6-7,10-12,15H,5H2,1-4H3. The first kappa shape index (κ1) is 14.9. The van der Waals surface area contributed by atoms with E-state index >= 15 is 0 Å². The quantitative estimate of drug-likeness (QED) is 0.743. The van der Waals surface area contributed by atoms with Gasteiger partial charge in [-0.05, 0) is 0 Å². The van der Waals surface area contributed by atoms with E-state index in [1.807, 2.05) is 13.8 Å². The topological polar surface area (TPSA) is 82.1 Å². The van der Waals surface area contributed by atoms with Crippen LogP contribution >= 0.6 is 0 Å². The van der Waals surface area contributed by atoms with Gasteiger partial charge in [-0.25, -0.2) is 0 Å². The average molecular weight is 260 g/mol. The fourth-order valence-corrected chi connectivity index (χ4v) is 1.99. The lowest BCUT2D eigenvalue weighted by Gasteiger charge is -2.41. The maximum absolute atomic E-state index is 11.1. The molecule has 5 unspecified atom stereocenters. The highest BCUT2D eigenvalue weighted by molar-refractivity contribution is 5.66. The number of rotatable bonds is 3. The van der Waals surface area contributed by atoms with Crippen LogP contribution in [0.25, 0.3) is 0 Å². The highest BCUT2D eigenvalue weighted by atomic mass is 16.6. The maximum Gasteiger partial charge on any atom is 0.303 e. The summed E-state index contributed by atoms with van der Waals surface area (Å²) in [5, 5.41) is 9.73. The van der Waals surface area contributed by atoms with Gasteiger partial charge in [-0.1, -0.05) is 13.8 Å². The van der Waals surface area contributed by atoms with Crippen molar-refractivity contribution in [2.24, 2.45) is 11.8 Å². The number of carbonyl (C=O) groups is 2. The summed E-state index contributed by atoms with van der Waals surface area (Å²) < 4.78 is 15.4. The third-order valence-electron chi connectivity index (χ3n) is 3.23. The second-order valence-electron chi connectivity index (χ2n) is 4.66. The molecule has 18 heavy (non-hydrogen) atoms. The fourth-order valence-electron chi connectivity index (χ4n) is 1.99. The third kappa shape index (κ3) is 3.68. The van der Waals surface area contributed by atoms with Gasteiger partial charge in [0.2, 0.25) is 0 Å². The molecule has 0 aromatic carbocycles. The third-order valence-corrected chi connectivity index (χ3v) is 3.23. The predicted molar refractivity (Wildman–Crippen MR) is 61.4 cm³/mol. The van der Waals surface area contributed by atoms with E-state index in [9.17, 15) is 14.7 Å². The summed E-state index contributed by atoms with van der Waals surface area (Å²) in [4.78, 5) is 21.9. The van der Waals surface area contributed by atoms with Gasteiger partial charge in [0, 0.05) is 25.7 Å². The molecule has 0 spiro atoms. The van der Waals surface area contributed by atoms with E-state index in [2.05, 4.69) is 0 Å². The van der Waals surface area contributed by atoms with Crippen LogP contribution in [0, 0.1) is 11.8 Å². The van der Waals surface area contributed by atoms with Crippen molar-refractivity contribution in [3.05, 3.63) is 0 Å². The van der Waals surface area contributed by atoms with Gasteiger partial charge in [-0.15, -0.1) is 0 Å². The van der Waals surface area contributed by atoms with Crippen LogP contribution in [0.3, 0.4) is 0 Å². The van der Waals surface area contributed by atoms with Crippen molar-refractivity contribution in [3.63, 3.8) is 0 Å². The van der Waals surface area contributed by atoms with Crippen molar-refractivity contribution in [2.45, 2.75) is 46.2 Å². The predicted octanol–water partition coefficient (Wildman–Crippen LogP) is 0.471. The molecule has 1 heterocycles. The summed E-state index contributed by atoms with van der Waals surface area (Å²) >= 11 is 0. The van der Waals surface area contributed by atoms with Gasteiger partial charge in [0.05, 0.1) is 0 Å². The van der Waals surface area contributed by atoms with Crippen molar-refractivity contribution in [3.8, 4) is 0 Å². The minimum atomic E-state index is -0.952. The molecule has 0 aromatic heterocycles. The lowest BCUT2D eigenvalue weighted by molar-refractivity contribution is -0.257. The van der Waals surface area contributed by atoms with Crippen molar-refractivity contribution in [2.75, 3.05) is 6.61 Å². The lowest BCUT2D eigenvalue weighted by atomic mass is 9.84. The van der Waals surface area contributed by atoms with Gasteiger partial charge in [0.15, 0.2) is 6.29 Å². The first-order valence-electron chi connectivity index (χ1n) is 5.97. The summed E-state index contributed by atoms with van der Waals surface area (Å²) in [5.74, 6) is -1.12. The molecular formula is C12H20O6. The Bertz CT molecular complexity index is 316. The van der Waals surface area contributed by atoms with Crippen LogP contribution in [0.15, 0.2) is 0 Å². The van der Waals surface area contributed by atoms with Gasteiger partial charge in [-0.2, -0.15) is 0 Å². The monoisotopic (exact) mass is 260 g/mol. The van der Waals surface area contributed by atoms with Crippen LogP contribution < -0.4 is 0 Å². The molecule has 104 valence electrons. The molecule has 0 amide bonds. The Hall–Kier alpha value is -1.14. The molecule has 5 atom stereocenters. The molecule has 1 fully saturated rings. The van der Waals surface area contributed by atoms with Crippen molar-refractivity contribution in [1.29, 1.82) is 0 Å². The Labute approximate surface area is 106 Å². The number of esters is 2. The summed E-state index contributed by atoms with van der Waals surface area (Å²) in [6.07, 6.45) is -2.12. The number of hydrogen-bond acceptors (Lipinski definition) is 6. The van der Waals surface area contributed by atoms with E-state index in [4.69, 9.17) is 14.2 Å². The summed E-state index contributed by atoms with van der Waals surface area (Å²) in [6.45, 7) is 6.23. The first-order chi connectivity index (χ1) is 8.32. The van der Waals surface area contributed by atoms with Gasteiger partial charge in [0.25, 0.3) is 0 Å². The van der Waals surface area contributed by atoms with Crippen LogP contribution in [-0.2, 0) is 23.8 Å². The summed E-state index contributed by atoms with van der Waals surface area (Å²) in [5.41, 5.74) is 0. The molecule has 1 N–H and O–H groups in total. The minimum absolute atomic E-state index is 0.0403. The van der Waals surface area contributed by atoms with Crippen LogP contribution in [0.2, 0.25) is 0 Å². The number of aliphatic hydroxyl groups excluding tert-OH is 1. The van der Waals surface area contributed by atoms with Crippen molar-refractivity contribution >= 4 is 11.9 Å². The smallest absolute Gasteiger partial charge is 0.303 e. The Morgan fingerprint density at radius 2 is 1.78 bits per heavy atom. The lowest BCUT2D eigenvalue weighted by Crippen LogP contribution is -2.52. The number of aliphatic hydroxyl groups is 1. The van der Waals surface area contributed by atoms with Crippen LogP contribution in [0.1, 0.15) is 27.7 Å². The molecule has 6 heteroatoms. The number of hydrogen-bond donors (Lipinski definition) is 1. The highest BCUT2D eigenvalue weighted by Crippen LogP contribution is 2.31. The molecule has 1 aliphatic rings. The normalized spacial score (nSPS) is 35.9. The average Bonchev–Trinajstić information content (AvgIpc) is 2.27. The molecular weight excluding hydrogens is 240 g/mol. The van der Waals surface area contributed by atoms with Gasteiger partial charge >= 0.3 is 11.9 Å². The second-order valence-corrected chi connectivity index (χ2v) is 4.66. The molecule has 6 nitrogen and oxygen atoms in total. The van der Waals surface area contributed by atoms with Gasteiger partial charge in [0.1, 0.15) is 18.8 Å². The molecule has 0 aliphatic carbocycles. The molecule has 1 saturated heterocycles. The Kier molecular flexibility index (Phi) is 5.10. The first-order valence-corrected chi connectivity index (χ1v) is 5.97. The zero-order valence-electron chi connectivity index (χ0n) is 11.1. The van der Waals surface area contributed by atoms with Crippen molar-refractivity contribution < 1.29 is 28.9 Å². The second kappa shape index (κ2) is 6.15. The number of ether oxygens (including phenoxy) is 3. The van der Waals surface area contributed by atoms with Gasteiger partial charge in [-0.3, -0.25) is 9.59 Å². The summed E-state index contributed by atoms with van der Waals surface area (Å²) in [7, 11) is 0. The summed E-state index contributed by atoms with van der Waals surface area (Å²) in [6, 6.07) is 0. The van der Waals surface area contributed by atoms with Crippen molar-refractivity contribution in [1.82, 2.24) is 0 Å². The number of carbonyl (C=O) groups excluding carboxylic acids is 2. The fraction of sp³-hybridized carbons (Fsp3) is 0.833. The van der Waals surface area contributed by atoms with E-state index in [0.717, 1.165) is 0 Å². The zero-order chi connectivity index (χ0) is 13.9. The molecule has 0 saturated carbocycles. The molecule has 0 radical (unpaired) electrons. The Morgan fingerprint density at radius 1 is 1.17 bits per heavy atom. The highest BCUT2D eigenvalue weighted by Gasteiger charge is 2.43. The van der Waals surface area contributed by atoms with Gasteiger partial charge < -0.3 is 19.3 Å². The van der Waals surface area contributed by atoms with Crippen LogP contribution in [0.5, 0.6) is 0 Å². The molecule has 0 aromatic rings. The Balaban J connectivity index is 2.75. The largest absolute Gasteiger partial charge is 0.463 e. The van der Waals surface area contributed by atoms with E-state index in [1.165, 1.54) is 13.8 Å². The van der Waals surface area contributed by atoms with E-state index in [1.54, 1.807) is 0 Å². The van der Waals surface area contributed by atoms with Crippen LogP contribution in [0.4, 0.5) is 0 Å². The molecule has 0 bridgehead atoms. The molecule has 1 rings (SSSR count). The minimum Gasteiger partial charge on any atom is -0.463 e. The van der Waals surface area contributed by atoms with E-state index in [-0.39, 0.29) is 18.4 Å².